The number of amides is 1. The molecule has 0 saturated heterocycles. The number of aromatic nitrogens is 2. The van der Waals surface area contributed by atoms with Crippen molar-refractivity contribution < 1.29 is 4.79 Å². The molecule has 5 nitrogen and oxygen atoms in total. The first-order valence-electron chi connectivity index (χ1n) is 7.22. The largest absolute Gasteiger partial charge is 0.397 e. The number of nitrogens with zero attached hydrogens (tertiary/aromatic N) is 3. The summed E-state index contributed by atoms with van der Waals surface area (Å²) >= 11 is 0. The predicted octanol–water partition coefficient (Wildman–Crippen LogP) is 2.63. The van der Waals surface area contributed by atoms with Gasteiger partial charge in [0.05, 0.1) is 11.7 Å². The SMILES string of the molecule is CC(c1ccncc1)N(C)C(=O)c1cc(N)cn1C1CC1. The zero-order valence-electron chi connectivity index (χ0n) is 12.4. The lowest BCUT2D eigenvalue weighted by Gasteiger charge is -2.25. The maximum atomic E-state index is 12.8. The summed E-state index contributed by atoms with van der Waals surface area (Å²) in [7, 11) is 1.83. The Morgan fingerprint density at radius 2 is 2.10 bits per heavy atom. The number of carbonyl (C=O) groups is 1. The van der Waals surface area contributed by atoms with Crippen LogP contribution in [0.3, 0.4) is 0 Å². The van der Waals surface area contributed by atoms with Crippen molar-refractivity contribution >= 4 is 11.6 Å². The van der Waals surface area contributed by atoms with Crippen LogP contribution in [0, 0.1) is 0 Å². The standard InChI is InChI=1S/C16H20N4O/c1-11(12-5-7-18-8-6-12)19(2)16(21)15-9-13(17)10-20(15)14-3-4-14/h5-11,14H,3-4,17H2,1-2H3. The number of pyridine rings is 1. The molecule has 21 heavy (non-hydrogen) atoms. The lowest BCUT2D eigenvalue weighted by atomic mass is 10.1. The van der Waals surface area contributed by atoms with Crippen molar-refractivity contribution in [2.24, 2.45) is 0 Å². The maximum absolute atomic E-state index is 12.8. The van der Waals surface area contributed by atoms with Crippen molar-refractivity contribution in [3.63, 3.8) is 0 Å². The molecule has 0 bridgehead atoms. The van der Waals surface area contributed by atoms with E-state index in [4.69, 9.17) is 5.73 Å². The second-order valence-corrected chi connectivity index (χ2v) is 5.67. The van der Waals surface area contributed by atoms with Gasteiger partial charge in [0.25, 0.3) is 5.91 Å². The lowest BCUT2D eigenvalue weighted by molar-refractivity contribution is 0.0731. The van der Waals surface area contributed by atoms with Gasteiger partial charge in [0.15, 0.2) is 0 Å². The molecule has 1 aliphatic carbocycles. The molecule has 1 unspecified atom stereocenters. The van der Waals surface area contributed by atoms with Crippen LogP contribution in [0.2, 0.25) is 0 Å². The second-order valence-electron chi connectivity index (χ2n) is 5.67. The van der Waals surface area contributed by atoms with Crippen molar-refractivity contribution in [1.29, 1.82) is 0 Å². The fourth-order valence-corrected chi connectivity index (χ4v) is 2.55. The third kappa shape index (κ3) is 2.63. The van der Waals surface area contributed by atoms with E-state index in [1.807, 2.05) is 36.9 Å². The third-order valence-electron chi connectivity index (χ3n) is 4.12. The highest BCUT2D eigenvalue weighted by atomic mass is 16.2. The van der Waals surface area contributed by atoms with E-state index in [0.29, 0.717) is 17.4 Å². The van der Waals surface area contributed by atoms with Crippen LogP contribution < -0.4 is 5.73 Å². The summed E-state index contributed by atoms with van der Waals surface area (Å²) in [4.78, 5) is 18.5. The molecule has 2 aromatic rings. The Morgan fingerprint density at radius 1 is 1.43 bits per heavy atom. The van der Waals surface area contributed by atoms with Gasteiger partial charge in [0.2, 0.25) is 0 Å². The Kier molecular flexibility index (Phi) is 3.41. The quantitative estimate of drug-likeness (QED) is 0.938. The van der Waals surface area contributed by atoms with Crippen LogP contribution in [-0.4, -0.2) is 27.4 Å². The first-order valence-corrected chi connectivity index (χ1v) is 7.22. The van der Waals surface area contributed by atoms with Gasteiger partial charge in [-0.2, -0.15) is 0 Å². The first-order chi connectivity index (χ1) is 10.1. The van der Waals surface area contributed by atoms with Gasteiger partial charge in [-0.3, -0.25) is 9.78 Å². The molecule has 1 fully saturated rings. The lowest BCUT2D eigenvalue weighted by Crippen LogP contribution is -2.31. The van der Waals surface area contributed by atoms with Gasteiger partial charge in [-0.25, -0.2) is 0 Å². The van der Waals surface area contributed by atoms with E-state index >= 15 is 0 Å². The molecular formula is C16H20N4O. The molecule has 2 heterocycles. The molecule has 0 radical (unpaired) electrons. The van der Waals surface area contributed by atoms with Crippen molar-refractivity contribution in [1.82, 2.24) is 14.5 Å². The van der Waals surface area contributed by atoms with Gasteiger partial charge in [-0.1, -0.05) is 0 Å². The minimum Gasteiger partial charge on any atom is -0.397 e. The highest BCUT2D eigenvalue weighted by molar-refractivity contribution is 5.94. The maximum Gasteiger partial charge on any atom is 0.270 e. The van der Waals surface area contributed by atoms with Crippen LogP contribution in [0.4, 0.5) is 5.69 Å². The van der Waals surface area contributed by atoms with Crippen molar-refractivity contribution in [2.75, 3.05) is 12.8 Å². The molecule has 5 heteroatoms. The molecule has 0 aliphatic heterocycles. The topological polar surface area (TPSA) is 64.2 Å². The highest BCUT2D eigenvalue weighted by Gasteiger charge is 2.29. The summed E-state index contributed by atoms with van der Waals surface area (Å²) in [6.07, 6.45) is 7.61. The van der Waals surface area contributed by atoms with Crippen LogP contribution in [0.15, 0.2) is 36.8 Å². The zero-order valence-corrected chi connectivity index (χ0v) is 12.4. The molecule has 2 N–H and O–H groups in total. The number of nitrogens with two attached hydrogens (primary N) is 1. The smallest absolute Gasteiger partial charge is 0.270 e. The van der Waals surface area contributed by atoms with Gasteiger partial charge in [-0.15, -0.1) is 0 Å². The number of rotatable bonds is 4. The van der Waals surface area contributed by atoms with E-state index in [-0.39, 0.29) is 11.9 Å². The van der Waals surface area contributed by atoms with Crippen LogP contribution in [-0.2, 0) is 0 Å². The molecule has 1 atom stereocenters. The second kappa shape index (κ2) is 5.24. The van der Waals surface area contributed by atoms with E-state index in [1.54, 1.807) is 23.4 Å². The van der Waals surface area contributed by atoms with Gasteiger partial charge >= 0.3 is 0 Å². The Balaban J connectivity index is 1.84. The van der Waals surface area contributed by atoms with E-state index in [0.717, 1.165) is 18.4 Å². The summed E-state index contributed by atoms with van der Waals surface area (Å²) in [6.45, 7) is 2.01. The number of carbonyl (C=O) groups excluding carboxylic acids is 1. The molecule has 0 aromatic carbocycles. The molecule has 0 spiro atoms. The average Bonchev–Trinajstić information content (AvgIpc) is 3.28. The highest BCUT2D eigenvalue weighted by Crippen LogP contribution is 2.37. The van der Waals surface area contributed by atoms with Crippen LogP contribution >= 0.6 is 0 Å². The summed E-state index contributed by atoms with van der Waals surface area (Å²) in [5.74, 6) is 0.00270. The van der Waals surface area contributed by atoms with E-state index in [2.05, 4.69) is 4.98 Å². The van der Waals surface area contributed by atoms with Crippen LogP contribution in [0.25, 0.3) is 0 Å². The minimum atomic E-state index is -0.00993. The molecule has 1 saturated carbocycles. The van der Waals surface area contributed by atoms with Gasteiger partial charge in [0.1, 0.15) is 5.69 Å². The molecule has 2 aromatic heterocycles. The monoisotopic (exact) mass is 284 g/mol. The fraction of sp³-hybridized carbons (Fsp3) is 0.375. The molecular weight excluding hydrogens is 264 g/mol. The minimum absolute atomic E-state index is 0.00270. The van der Waals surface area contributed by atoms with Gasteiger partial charge in [0, 0.05) is 31.7 Å². The van der Waals surface area contributed by atoms with E-state index in [1.165, 1.54) is 0 Å². The van der Waals surface area contributed by atoms with Gasteiger partial charge < -0.3 is 15.2 Å². The fourth-order valence-electron chi connectivity index (χ4n) is 2.55. The number of anilines is 1. The Morgan fingerprint density at radius 3 is 2.71 bits per heavy atom. The van der Waals surface area contributed by atoms with E-state index < -0.39 is 0 Å². The number of hydrogen-bond donors (Lipinski definition) is 1. The van der Waals surface area contributed by atoms with E-state index in [9.17, 15) is 4.79 Å². The number of nitrogen functional groups attached to an aromatic ring is 1. The van der Waals surface area contributed by atoms with Crippen LogP contribution in [0.5, 0.6) is 0 Å². The van der Waals surface area contributed by atoms with Gasteiger partial charge in [-0.05, 0) is 43.5 Å². The van der Waals surface area contributed by atoms with Crippen molar-refractivity contribution in [3.8, 4) is 0 Å². The third-order valence-corrected chi connectivity index (χ3v) is 4.12. The molecule has 1 aliphatic rings. The molecule has 3 rings (SSSR count). The summed E-state index contributed by atoms with van der Waals surface area (Å²) in [5.41, 5.74) is 8.27. The molecule has 1 amide bonds. The Bertz CT molecular complexity index is 646. The zero-order chi connectivity index (χ0) is 15.0. The first kappa shape index (κ1) is 13.7. The average molecular weight is 284 g/mol. The summed E-state index contributed by atoms with van der Waals surface area (Å²) in [5, 5.41) is 0. The number of hydrogen-bond acceptors (Lipinski definition) is 3. The van der Waals surface area contributed by atoms with Crippen molar-refractivity contribution in [3.05, 3.63) is 48.0 Å². The van der Waals surface area contributed by atoms with Crippen molar-refractivity contribution in [2.45, 2.75) is 31.8 Å². The summed E-state index contributed by atoms with van der Waals surface area (Å²) in [6, 6.07) is 6.07. The Labute approximate surface area is 124 Å². The normalized spacial score (nSPS) is 15.7. The predicted molar refractivity (Wildman–Crippen MR) is 81.9 cm³/mol. The summed E-state index contributed by atoms with van der Waals surface area (Å²) < 4.78 is 2.02. The molecule has 110 valence electrons. The Hall–Kier alpha value is -2.30. The van der Waals surface area contributed by atoms with Crippen LogP contribution in [0.1, 0.15) is 47.9 Å².